The predicted molar refractivity (Wildman–Crippen MR) is 99.3 cm³/mol. The molecule has 0 aliphatic carbocycles. The number of piperidine rings is 2. The van der Waals surface area contributed by atoms with Crippen LogP contribution in [0.15, 0.2) is 4.99 Å². The molecule has 2 saturated heterocycles. The molecule has 0 spiro atoms. The van der Waals surface area contributed by atoms with Gasteiger partial charge in [0.25, 0.3) is 0 Å². The Kier molecular flexibility index (Phi) is 8.36. The highest BCUT2D eigenvalue weighted by atomic mass is 16.2. The minimum absolute atomic E-state index is 0.180. The molecule has 0 aromatic heterocycles. The number of rotatable bonds is 6. The molecule has 0 bridgehead atoms. The SMILES string of the molecule is CCC1CCCCN1CCNC(=NC)NCC(=O)N1CCCCC1. The van der Waals surface area contributed by atoms with E-state index in [2.05, 4.69) is 27.4 Å². The Morgan fingerprint density at radius 3 is 2.54 bits per heavy atom. The van der Waals surface area contributed by atoms with Crippen LogP contribution in [0.5, 0.6) is 0 Å². The van der Waals surface area contributed by atoms with Crippen molar-refractivity contribution in [2.45, 2.75) is 57.9 Å². The van der Waals surface area contributed by atoms with Crippen LogP contribution < -0.4 is 10.6 Å². The van der Waals surface area contributed by atoms with E-state index in [0.29, 0.717) is 6.54 Å². The molecule has 6 nitrogen and oxygen atoms in total. The molecule has 2 aliphatic heterocycles. The molecule has 1 amide bonds. The zero-order valence-corrected chi connectivity index (χ0v) is 15.5. The third-order valence-corrected chi connectivity index (χ3v) is 5.25. The van der Waals surface area contributed by atoms with Gasteiger partial charge < -0.3 is 15.5 Å². The average molecular weight is 338 g/mol. The number of hydrogen-bond acceptors (Lipinski definition) is 3. The summed E-state index contributed by atoms with van der Waals surface area (Å²) in [6.07, 6.45) is 8.75. The van der Waals surface area contributed by atoms with Crippen LogP contribution in [0.1, 0.15) is 51.9 Å². The van der Waals surface area contributed by atoms with Gasteiger partial charge in [0.15, 0.2) is 5.96 Å². The minimum atomic E-state index is 0.180. The van der Waals surface area contributed by atoms with Gasteiger partial charge in [-0.25, -0.2) is 0 Å². The van der Waals surface area contributed by atoms with E-state index in [1.807, 2.05) is 4.90 Å². The van der Waals surface area contributed by atoms with Gasteiger partial charge in [-0.05, 0) is 45.1 Å². The fraction of sp³-hybridized carbons (Fsp3) is 0.889. The first kappa shape index (κ1) is 19.0. The maximum atomic E-state index is 12.2. The van der Waals surface area contributed by atoms with Gasteiger partial charge in [-0.3, -0.25) is 14.7 Å². The van der Waals surface area contributed by atoms with E-state index in [-0.39, 0.29) is 5.91 Å². The van der Waals surface area contributed by atoms with Crippen molar-refractivity contribution < 1.29 is 4.79 Å². The summed E-state index contributed by atoms with van der Waals surface area (Å²) < 4.78 is 0. The molecule has 1 atom stereocenters. The predicted octanol–water partition coefficient (Wildman–Crippen LogP) is 1.43. The second kappa shape index (κ2) is 10.5. The van der Waals surface area contributed by atoms with Gasteiger partial charge in [0.05, 0.1) is 6.54 Å². The molecule has 0 saturated carbocycles. The number of carbonyl (C=O) groups excluding carboxylic acids is 1. The normalized spacial score (nSPS) is 23.2. The fourth-order valence-electron chi connectivity index (χ4n) is 3.77. The van der Waals surface area contributed by atoms with Crippen LogP contribution in [0, 0.1) is 0 Å². The van der Waals surface area contributed by atoms with Crippen LogP contribution in [0.4, 0.5) is 0 Å². The number of nitrogens with zero attached hydrogens (tertiary/aromatic N) is 3. The largest absolute Gasteiger partial charge is 0.355 e. The average Bonchev–Trinajstić information content (AvgIpc) is 2.65. The molecule has 0 aromatic carbocycles. The maximum absolute atomic E-state index is 12.2. The first-order valence-corrected chi connectivity index (χ1v) is 9.71. The maximum Gasteiger partial charge on any atom is 0.241 e. The van der Waals surface area contributed by atoms with E-state index in [9.17, 15) is 4.79 Å². The first-order chi connectivity index (χ1) is 11.7. The fourth-order valence-corrected chi connectivity index (χ4v) is 3.77. The Labute approximate surface area is 147 Å². The monoisotopic (exact) mass is 337 g/mol. The van der Waals surface area contributed by atoms with Crippen LogP contribution in [0.25, 0.3) is 0 Å². The number of guanidine groups is 1. The molecule has 0 aromatic rings. The van der Waals surface area contributed by atoms with Crippen molar-refractivity contribution in [3.8, 4) is 0 Å². The molecule has 0 radical (unpaired) electrons. The molecule has 2 aliphatic rings. The molecule has 24 heavy (non-hydrogen) atoms. The number of aliphatic imine (C=N–C) groups is 1. The lowest BCUT2D eigenvalue weighted by molar-refractivity contribution is -0.130. The number of likely N-dealkylation sites (tertiary alicyclic amines) is 2. The van der Waals surface area contributed by atoms with Crippen LogP contribution in [-0.4, -0.2) is 74.0 Å². The highest BCUT2D eigenvalue weighted by Crippen LogP contribution is 2.18. The highest BCUT2D eigenvalue weighted by Gasteiger charge is 2.20. The number of nitrogens with one attached hydrogen (secondary N) is 2. The van der Waals surface area contributed by atoms with Gasteiger partial charge in [-0.15, -0.1) is 0 Å². The highest BCUT2D eigenvalue weighted by molar-refractivity contribution is 5.86. The molecular formula is C18H35N5O. The minimum Gasteiger partial charge on any atom is -0.355 e. The van der Waals surface area contributed by atoms with Gasteiger partial charge in [-0.1, -0.05) is 13.3 Å². The van der Waals surface area contributed by atoms with Gasteiger partial charge in [0, 0.05) is 39.3 Å². The van der Waals surface area contributed by atoms with Gasteiger partial charge in [0.2, 0.25) is 5.91 Å². The van der Waals surface area contributed by atoms with Crippen molar-refractivity contribution in [1.82, 2.24) is 20.4 Å². The third kappa shape index (κ3) is 5.96. The second-order valence-corrected chi connectivity index (χ2v) is 6.89. The lowest BCUT2D eigenvalue weighted by Crippen LogP contribution is -2.48. The van der Waals surface area contributed by atoms with Crippen molar-refractivity contribution in [2.24, 2.45) is 4.99 Å². The van der Waals surface area contributed by atoms with E-state index < -0.39 is 0 Å². The van der Waals surface area contributed by atoms with E-state index >= 15 is 0 Å². The summed E-state index contributed by atoms with van der Waals surface area (Å²) in [6.45, 7) is 7.54. The summed E-state index contributed by atoms with van der Waals surface area (Å²) in [6, 6.07) is 0.733. The second-order valence-electron chi connectivity index (χ2n) is 6.89. The quantitative estimate of drug-likeness (QED) is 0.569. The summed E-state index contributed by atoms with van der Waals surface area (Å²) in [5.74, 6) is 0.908. The van der Waals surface area contributed by atoms with E-state index in [1.165, 1.54) is 38.6 Å². The van der Waals surface area contributed by atoms with Crippen molar-refractivity contribution in [3.63, 3.8) is 0 Å². The lowest BCUT2D eigenvalue weighted by Gasteiger charge is -2.35. The van der Waals surface area contributed by atoms with Crippen molar-refractivity contribution in [1.29, 1.82) is 0 Å². The topological polar surface area (TPSA) is 60.0 Å². The summed E-state index contributed by atoms with van der Waals surface area (Å²) in [5, 5.41) is 6.50. The molecule has 138 valence electrons. The summed E-state index contributed by atoms with van der Waals surface area (Å²) in [5.41, 5.74) is 0. The van der Waals surface area contributed by atoms with Crippen LogP contribution in [0.3, 0.4) is 0 Å². The Morgan fingerprint density at radius 2 is 1.83 bits per heavy atom. The van der Waals surface area contributed by atoms with Crippen LogP contribution >= 0.6 is 0 Å². The van der Waals surface area contributed by atoms with Gasteiger partial charge >= 0.3 is 0 Å². The van der Waals surface area contributed by atoms with E-state index in [0.717, 1.165) is 51.0 Å². The lowest BCUT2D eigenvalue weighted by atomic mass is 10.0. The van der Waals surface area contributed by atoms with Gasteiger partial charge in [-0.2, -0.15) is 0 Å². The van der Waals surface area contributed by atoms with Gasteiger partial charge in [0.1, 0.15) is 0 Å². The van der Waals surface area contributed by atoms with Crippen molar-refractivity contribution >= 4 is 11.9 Å². The molecule has 1 unspecified atom stereocenters. The molecule has 2 fully saturated rings. The molecule has 2 rings (SSSR count). The third-order valence-electron chi connectivity index (χ3n) is 5.25. The zero-order valence-electron chi connectivity index (χ0n) is 15.5. The van der Waals surface area contributed by atoms with Crippen LogP contribution in [-0.2, 0) is 4.79 Å². The molecule has 2 N–H and O–H groups in total. The molecular weight excluding hydrogens is 302 g/mol. The molecule has 6 heteroatoms. The summed E-state index contributed by atoms with van der Waals surface area (Å²) >= 11 is 0. The Balaban J connectivity index is 1.65. The first-order valence-electron chi connectivity index (χ1n) is 9.71. The standard InChI is InChI=1S/C18H35N5O/c1-3-16-9-5-8-11-22(16)14-10-20-18(19-2)21-15-17(24)23-12-6-4-7-13-23/h16H,3-15H2,1-2H3,(H2,19,20,21). The zero-order chi connectivity index (χ0) is 17.2. The smallest absolute Gasteiger partial charge is 0.241 e. The Morgan fingerprint density at radius 1 is 1.08 bits per heavy atom. The molecule has 2 heterocycles. The van der Waals surface area contributed by atoms with Crippen molar-refractivity contribution in [3.05, 3.63) is 0 Å². The van der Waals surface area contributed by atoms with Crippen LogP contribution in [0.2, 0.25) is 0 Å². The number of carbonyl (C=O) groups is 1. The summed E-state index contributed by atoms with van der Waals surface area (Å²) in [4.78, 5) is 21.0. The van der Waals surface area contributed by atoms with E-state index in [1.54, 1.807) is 7.05 Å². The number of amides is 1. The van der Waals surface area contributed by atoms with Crippen molar-refractivity contribution in [2.75, 3.05) is 46.3 Å². The van der Waals surface area contributed by atoms with E-state index in [4.69, 9.17) is 0 Å². The Bertz CT molecular complexity index is 406. The Hall–Kier alpha value is -1.30. The number of hydrogen-bond donors (Lipinski definition) is 2. The summed E-state index contributed by atoms with van der Waals surface area (Å²) in [7, 11) is 1.76.